The quantitative estimate of drug-likeness (QED) is 0.339. The van der Waals surface area contributed by atoms with Crippen molar-refractivity contribution in [1.82, 2.24) is 0 Å². The monoisotopic (exact) mass is 575 g/mol. The van der Waals surface area contributed by atoms with E-state index in [2.05, 4.69) is 113 Å². The molecule has 0 N–H and O–H groups in total. The van der Waals surface area contributed by atoms with Gasteiger partial charge in [0.2, 0.25) is 0 Å². The van der Waals surface area contributed by atoms with Crippen LogP contribution in [0.3, 0.4) is 0 Å². The van der Waals surface area contributed by atoms with Crippen LogP contribution in [-0.4, -0.2) is 0 Å². The van der Waals surface area contributed by atoms with Crippen LogP contribution in [0, 0.1) is 5.92 Å². The second-order valence-electron chi connectivity index (χ2n) is 13.2. The first kappa shape index (κ1) is 28.2. The zero-order valence-corrected chi connectivity index (χ0v) is 27.1. The zero-order chi connectivity index (χ0) is 25.8. The van der Waals surface area contributed by atoms with Crippen molar-refractivity contribution in [3.05, 3.63) is 63.7 Å². The van der Waals surface area contributed by atoms with Gasteiger partial charge in [-0.15, -0.1) is 0 Å². The molecule has 2 atom stereocenters. The Bertz CT molecular complexity index is 1060. The summed E-state index contributed by atoms with van der Waals surface area (Å²) < 4.78 is 0.247. The van der Waals surface area contributed by atoms with Crippen molar-refractivity contribution in [3.8, 4) is 11.1 Å². The predicted octanol–water partition coefficient (Wildman–Crippen LogP) is 10.7. The molecular weight excluding hydrogens is 534 g/mol. The number of hydrogen-bond acceptors (Lipinski definition) is 0. The van der Waals surface area contributed by atoms with Crippen molar-refractivity contribution in [2.24, 2.45) is 5.92 Å². The third kappa shape index (κ3) is 5.63. The molecule has 0 nitrogen and oxygen atoms in total. The van der Waals surface area contributed by atoms with Gasteiger partial charge in [-0.25, -0.2) is 0 Å². The summed E-state index contributed by atoms with van der Waals surface area (Å²) >= 11 is -2.58. The Morgan fingerprint density at radius 1 is 0.824 bits per heavy atom. The van der Waals surface area contributed by atoms with E-state index in [0.29, 0.717) is 5.92 Å². The van der Waals surface area contributed by atoms with Crippen LogP contribution >= 0.6 is 17.0 Å². The maximum atomic E-state index is 6.83. The molecule has 1 aliphatic rings. The molecule has 2 aromatic rings. The van der Waals surface area contributed by atoms with Gasteiger partial charge in [0.15, 0.2) is 0 Å². The van der Waals surface area contributed by atoms with Crippen LogP contribution in [0.5, 0.6) is 0 Å². The average molecular weight is 578 g/mol. The molecule has 0 bridgehead atoms. The van der Waals surface area contributed by atoms with Gasteiger partial charge in [-0.1, -0.05) is 0 Å². The molecule has 34 heavy (non-hydrogen) atoms. The first-order chi connectivity index (χ1) is 15.5. The van der Waals surface area contributed by atoms with Crippen LogP contribution in [0.4, 0.5) is 0 Å². The van der Waals surface area contributed by atoms with Gasteiger partial charge in [-0.2, -0.15) is 0 Å². The summed E-state index contributed by atoms with van der Waals surface area (Å²) in [6.45, 7) is 25.5. The van der Waals surface area contributed by atoms with E-state index in [-0.39, 0.29) is 19.9 Å². The van der Waals surface area contributed by atoms with Crippen molar-refractivity contribution in [2.45, 2.75) is 102 Å². The van der Waals surface area contributed by atoms with Gasteiger partial charge in [0.1, 0.15) is 0 Å². The Morgan fingerprint density at radius 2 is 1.35 bits per heavy atom. The molecule has 185 valence electrons. The van der Waals surface area contributed by atoms with E-state index in [0.717, 1.165) is 6.42 Å². The summed E-state index contributed by atoms with van der Waals surface area (Å²) in [5.41, 5.74) is 11.2. The number of allylic oxidation sites excluding steroid dienone is 1. The molecule has 0 saturated heterocycles. The number of rotatable bonds is 4. The van der Waals surface area contributed by atoms with Crippen LogP contribution in [0.15, 0.2) is 35.9 Å². The first-order valence-corrected chi connectivity index (χ1v) is 20.4. The Labute approximate surface area is 224 Å². The molecule has 0 fully saturated rings. The third-order valence-corrected chi connectivity index (χ3v) is 12.6. The maximum absolute atomic E-state index is 6.83. The Balaban J connectivity index is 2.45. The second-order valence-corrected chi connectivity index (χ2v) is 22.0. The van der Waals surface area contributed by atoms with E-state index in [4.69, 9.17) is 17.0 Å². The SMILES string of the molecule is CCC(C)C1=Cc2c(ccc(C(C)(C)C)c2-c2cc(C(C)(C)C)cc(C(C)(C)C)c2)[CH]1[Zr]([Cl])[Cl]. The summed E-state index contributed by atoms with van der Waals surface area (Å²) in [5, 5.41) is 0. The van der Waals surface area contributed by atoms with Gasteiger partial charge in [0.05, 0.1) is 0 Å². The van der Waals surface area contributed by atoms with E-state index in [1.165, 1.54) is 44.5 Å². The Morgan fingerprint density at radius 3 is 1.76 bits per heavy atom. The van der Waals surface area contributed by atoms with Crippen molar-refractivity contribution < 1.29 is 19.4 Å². The number of hydrogen-bond donors (Lipinski definition) is 0. The minimum atomic E-state index is -2.58. The summed E-state index contributed by atoms with van der Waals surface area (Å²) in [7, 11) is 13.7. The number of fused-ring (bicyclic) bond motifs is 1. The van der Waals surface area contributed by atoms with Crippen molar-refractivity contribution >= 4 is 23.1 Å². The van der Waals surface area contributed by atoms with Crippen LogP contribution < -0.4 is 0 Å². The van der Waals surface area contributed by atoms with E-state index in [9.17, 15) is 0 Å². The molecule has 0 heterocycles. The predicted molar refractivity (Wildman–Crippen MR) is 150 cm³/mol. The summed E-state index contributed by atoms with van der Waals surface area (Å²) in [5.74, 6) is 0.488. The van der Waals surface area contributed by atoms with Gasteiger partial charge in [-0.3, -0.25) is 0 Å². The average Bonchev–Trinajstić information content (AvgIpc) is 3.10. The summed E-state index contributed by atoms with van der Waals surface area (Å²) in [4.78, 5) is 0. The fourth-order valence-electron chi connectivity index (χ4n) is 4.95. The molecule has 3 rings (SSSR count). The molecule has 0 spiro atoms. The van der Waals surface area contributed by atoms with Gasteiger partial charge < -0.3 is 0 Å². The zero-order valence-electron chi connectivity index (χ0n) is 23.1. The Hall–Kier alpha value is -0.357. The molecule has 3 heteroatoms. The molecule has 0 aliphatic heterocycles. The molecule has 0 radical (unpaired) electrons. The number of benzene rings is 2. The standard InChI is InChI=1S/C31H43.2ClH.Zr/c1-12-20(2)22-15-21-13-14-27(31(9,10)11)28(26(21)18-22)23-16-24(29(3,4)5)19-25(17-23)30(6,7)8;;;/h13-20H,12H2,1-11H3;2*1H;/q;;;+2/p-2. The molecule has 1 aliphatic carbocycles. The molecule has 0 aromatic heterocycles. The third-order valence-electron chi connectivity index (χ3n) is 7.40. The van der Waals surface area contributed by atoms with Crippen molar-refractivity contribution in [3.63, 3.8) is 0 Å². The first-order valence-electron chi connectivity index (χ1n) is 12.7. The van der Waals surface area contributed by atoms with Gasteiger partial charge in [-0.05, 0) is 0 Å². The van der Waals surface area contributed by atoms with Crippen LogP contribution in [0.1, 0.15) is 114 Å². The second kappa shape index (κ2) is 9.84. The summed E-state index contributed by atoms with van der Waals surface area (Å²) in [6.07, 6.45) is 3.57. The van der Waals surface area contributed by atoms with E-state index in [1.54, 1.807) is 0 Å². The molecule has 2 unspecified atom stereocenters. The van der Waals surface area contributed by atoms with Gasteiger partial charge in [0, 0.05) is 0 Å². The Kier molecular flexibility index (Phi) is 8.16. The van der Waals surface area contributed by atoms with Crippen LogP contribution in [-0.2, 0) is 35.6 Å². The van der Waals surface area contributed by atoms with E-state index in [1.807, 2.05) is 0 Å². The normalized spacial score (nSPS) is 17.4. The van der Waals surface area contributed by atoms with Gasteiger partial charge in [0.25, 0.3) is 0 Å². The topological polar surface area (TPSA) is 0 Å². The molecule has 0 amide bonds. The molecular formula is C31H43Cl2Zr. The molecule has 2 aromatic carbocycles. The van der Waals surface area contributed by atoms with Crippen molar-refractivity contribution in [1.29, 1.82) is 0 Å². The van der Waals surface area contributed by atoms with Crippen LogP contribution in [0.2, 0.25) is 0 Å². The van der Waals surface area contributed by atoms with Gasteiger partial charge >= 0.3 is 226 Å². The van der Waals surface area contributed by atoms with Crippen LogP contribution in [0.25, 0.3) is 17.2 Å². The fraction of sp³-hybridized carbons (Fsp3) is 0.548. The van der Waals surface area contributed by atoms with E-state index >= 15 is 0 Å². The van der Waals surface area contributed by atoms with E-state index < -0.39 is 19.4 Å². The fourth-order valence-corrected chi connectivity index (χ4v) is 10.6. The summed E-state index contributed by atoms with van der Waals surface area (Å²) in [6, 6.07) is 12.0. The van der Waals surface area contributed by atoms with Crippen molar-refractivity contribution in [2.75, 3.05) is 0 Å². The minimum absolute atomic E-state index is 0.0238. The number of halogens is 2. The molecule has 0 saturated carbocycles.